The van der Waals surface area contributed by atoms with Crippen LogP contribution in [0.5, 0.6) is 11.5 Å². The molecule has 0 saturated carbocycles. The van der Waals surface area contributed by atoms with E-state index in [0.29, 0.717) is 5.56 Å². The average Bonchev–Trinajstić information content (AvgIpc) is 2.53. The van der Waals surface area contributed by atoms with Gasteiger partial charge in [0.2, 0.25) is 0 Å². The lowest BCUT2D eigenvalue weighted by molar-refractivity contribution is -0.274. The maximum absolute atomic E-state index is 12.6. The van der Waals surface area contributed by atoms with Crippen molar-refractivity contribution in [2.45, 2.75) is 13.3 Å². The minimum Gasteiger partial charge on any atom is -0.496 e. The van der Waals surface area contributed by atoms with Crippen LogP contribution in [0, 0.1) is 0 Å². The molecule has 0 N–H and O–H groups in total. The van der Waals surface area contributed by atoms with E-state index in [0.717, 1.165) is 0 Å². The molecule has 0 amide bonds. The largest absolute Gasteiger partial charge is 0.573 e. The van der Waals surface area contributed by atoms with Crippen molar-refractivity contribution in [1.29, 1.82) is 0 Å². The molecule has 0 saturated heterocycles. The summed E-state index contributed by atoms with van der Waals surface area (Å²) in [5.41, 5.74) is 0.805. The summed E-state index contributed by atoms with van der Waals surface area (Å²) in [6, 6.07) is 10.1. The van der Waals surface area contributed by atoms with Crippen molar-refractivity contribution in [3.05, 3.63) is 48.0 Å². The molecule has 0 fully saturated rings. The molecular weight excluding hydrogens is 325 g/mol. The van der Waals surface area contributed by atoms with Gasteiger partial charge in [-0.1, -0.05) is 18.2 Å². The molecule has 0 unspecified atom stereocenters. The monoisotopic (exact) mass is 340 g/mol. The molecule has 0 aliphatic carbocycles. The van der Waals surface area contributed by atoms with Gasteiger partial charge in [0.25, 0.3) is 0 Å². The van der Waals surface area contributed by atoms with Gasteiger partial charge in [-0.2, -0.15) is 0 Å². The summed E-state index contributed by atoms with van der Waals surface area (Å²) >= 11 is 0. The zero-order valence-electron chi connectivity index (χ0n) is 13.0. The van der Waals surface area contributed by atoms with Crippen LogP contribution in [0.4, 0.5) is 13.2 Å². The number of benzene rings is 2. The third kappa shape index (κ3) is 4.18. The first-order valence-corrected chi connectivity index (χ1v) is 7.06. The molecule has 2 aromatic rings. The highest BCUT2D eigenvalue weighted by molar-refractivity contribution is 5.91. The highest BCUT2D eigenvalue weighted by Gasteiger charge is 2.32. The molecular formula is C17H15F3O4. The number of esters is 1. The maximum atomic E-state index is 12.6. The van der Waals surface area contributed by atoms with Gasteiger partial charge in [0.1, 0.15) is 11.5 Å². The molecule has 24 heavy (non-hydrogen) atoms. The van der Waals surface area contributed by atoms with Crippen LogP contribution in [0.25, 0.3) is 11.1 Å². The van der Waals surface area contributed by atoms with Crippen LogP contribution in [0.15, 0.2) is 42.5 Å². The highest BCUT2D eigenvalue weighted by Crippen LogP contribution is 2.38. The Morgan fingerprint density at radius 1 is 1.04 bits per heavy atom. The molecule has 0 atom stereocenters. The second-order valence-corrected chi connectivity index (χ2v) is 4.68. The van der Waals surface area contributed by atoms with Gasteiger partial charge >= 0.3 is 12.3 Å². The number of ether oxygens (including phenoxy) is 3. The summed E-state index contributed by atoms with van der Waals surface area (Å²) in [4.78, 5) is 11.8. The third-order valence-electron chi connectivity index (χ3n) is 3.12. The Bertz CT molecular complexity index is 726. The third-order valence-corrected chi connectivity index (χ3v) is 3.12. The summed E-state index contributed by atoms with van der Waals surface area (Å²) < 4.78 is 51.8. The van der Waals surface area contributed by atoms with Crippen molar-refractivity contribution in [1.82, 2.24) is 0 Å². The lowest BCUT2D eigenvalue weighted by atomic mass is 10.0. The van der Waals surface area contributed by atoms with E-state index in [1.165, 1.54) is 43.5 Å². The van der Waals surface area contributed by atoms with E-state index in [-0.39, 0.29) is 29.2 Å². The summed E-state index contributed by atoms with van der Waals surface area (Å²) in [6.45, 7) is 1.89. The summed E-state index contributed by atoms with van der Waals surface area (Å²) in [5.74, 6) is -0.659. The predicted molar refractivity (Wildman–Crippen MR) is 81.1 cm³/mol. The van der Waals surface area contributed by atoms with Crippen LogP contribution < -0.4 is 9.47 Å². The van der Waals surface area contributed by atoms with Gasteiger partial charge in [0, 0.05) is 11.1 Å². The molecule has 0 aromatic heterocycles. The number of hydrogen-bond acceptors (Lipinski definition) is 4. The molecule has 2 rings (SSSR count). The summed E-state index contributed by atoms with van der Waals surface area (Å²) in [7, 11) is 1.36. The molecule has 0 bridgehead atoms. The van der Waals surface area contributed by atoms with Crippen molar-refractivity contribution < 1.29 is 32.2 Å². The van der Waals surface area contributed by atoms with E-state index in [9.17, 15) is 18.0 Å². The van der Waals surface area contributed by atoms with Crippen molar-refractivity contribution in [2.24, 2.45) is 0 Å². The van der Waals surface area contributed by atoms with Crippen molar-refractivity contribution in [2.75, 3.05) is 13.7 Å². The Labute approximate surface area is 136 Å². The molecule has 0 aliphatic heterocycles. The van der Waals surface area contributed by atoms with Gasteiger partial charge in [-0.3, -0.25) is 0 Å². The quantitative estimate of drug-likeness (QED) is 0.755. The molecule has 4 nitrogen and oxygen atoms in total. The molecule has 2 aromatic carbocycles. The van der Waals surface area contributed by atoms with E-state index < -0.39 is 12.3 Å². The van der Waals surface area contributed by atoms with E-state index in [4.69, 9.17) is 9.47 Å². The Kier molecular flexibility index (Phi) is 5.33. The number of para-hydroxylation sites is 1. The lowest BCUT2D eigenvalue weighted by Crippen LogP contribution is -2.17. The standard InChI is InChI=1S/C17H15F3O4/c1-3-23-16(21)11-8-9-13(15(10-11)22-2)12-6-4-5-7-14(12)24-17(18,19)20/h4-10H,3H2,1-2H3. The molecule has 0 aliphatic rings. The first kappa shape index (κ1) is 17.7. The fourth-order valence-electron chi connectivity index (χ4n) is 2.16. The fourth-order valence-corrected chi connectivity index (χ4v) is 2.16. The minimum absolute atomic E-state index is 0.196. The Balaban J connectivity index is 2.48. The van der Waals surface area contributed by atoms with Crippen LogP contribution in [0.2, 0.25) is 0 Å². The smallest absolute Gasteiger partial charge is 0.496 e. The van der Waals surface area contributed by atoms with Gasteiger partial charge in [-0.15, -0.1) is 13.2 Å². The molecule has 7 heteroatoms. The zero-order chi connectivity index (χ0) is 17.7. The molecule has 128 valence electrons. The topological polar surface area (TPSA) is 44.8 Å². The molecule has 0 spiro atoms. The van der Waals surface area contributed by atoms with Crippen molar-refractivity contribution in [3.8, 4) is 22.6 Å². The first-order chi connectivity index (χ1) is 11.4. The lowest BCUT2D eigenvalue weighted by Gasteiger charge is -2.15. The van der Waals surface area contributed by atoms with Gasteiger partial charge in [0.05, 0.1) is 19.3 Å². The summed E-state index contributed by atoms with van der Waals surface area (Å²) in [6.07, 6.45) is -4.81. The predicted octanol–water partition coefficient (Wildman–Crippen LogP) is 4.44. The van der Waals surface area contributed by atoms with Gasteiger partial charge in [-0.05, 0) is 31.2 Å². The zero-order valence-corrected chi connectivity index (χ0v) is 13.0. The van der Waals surface area contributed by atoms with Crippen LogP contribution >= 0.6 is 0 Å². The Morgan fingerprint density at radius 3 is 2.33 bits per heavy atom. The maximum Gasteiger partial charge on any atom is 0.573 e. The molecule has 0 radical (unpaired) electrons. The average molecular weight is 340 g/mol. The number of carbonyl (C=O) groups is 1. The number of rotatable bonds is 5. The second-order valence-electron chi connectivity index (χ2n) is 4.68. The minimum atomic E-state index is -4.81. The molecule has 0 heterocycles. The van der Waals surface area contributed by atoms with E-state index in [1.807, 2.05) is 0 Å². The number of methoxy groups -OCH3 is 1. The van der Waals surface area contributed by atoms with E-state index in [2.05, 4.69) is 4.74 Å². The number of alkyl halides is 3. The summed E-state index contributed by atoms with van der Waals surface area (Å²) in [5, 5.41) is 0. The van der Waals surface area contributed by atoms with E-state index >= 15 is 0 Å². The Hall–Kier alpha value is -2.70. The first-order valence-electron chi connectivity index (χ1n) is 7.06. The Morgan fingerprint density at radius 2 is 1.71 bits per heavy atom. The van der Waals surface area contributed by atoms with Crippen LogP contribution in [0.3, 0.4) is 0 Å². The SMILES string of the molecule is CCOC(=O)c1ccc(-c2ccccc2OC(F)(F)F)c(OC)c1. The fraction of sp³-hybridized carbons (Fsp3) is 0.235. The van der Waals surface area contributed by atoms with Gasteiger partial charge in [0.15, 0.2) is 0 Å². The van der Waals surface area contributed by atoms with Crippen LogP contribution in [-0.2, 0) is 4.74 Å². The van der Waals surface area contributed by atoms with Gasteiger partial charge in [-0.25, -0.2) is 4.79 Å². The van der Waals surface area contributed by atoms with Gasteiger partial charge < -0.3 is 14.2 Å². The van der Waals surface area contributed by atoms with E-state index in [1.54, 1.807) is 13.0 Å². The normalized spacial score (nSPS) is 11.0. The number of halogens is 3. The highest BCUT2D eigenvalue weighted by atomic mass is 19.4. The number of carbonyl (C=O) groups excluding carboxylic acids is 1. The number of hydrogen-bond donors (Lipinski definition) is 0. The van der Waals surface area contributed by atoms with Crippen molar-refractivity contribution >= 4 is 5.97 Å². The van der Waals surface area contributed by atoms with Crippen LogP contribution in [0.1, 0.15) is 17.3 Å². The van der Waals surface area contributed by atoms with Crippen molar-refractivity contribution in [3.63, 3.8) is 0 Å². The second kappa shape index (κ2) is 7.25. The van der Waals surface area contributed by atoms with Crippen LogP contribution in [-0.4, -0.2) is 26.0 Å².